The van der Waals surface area contributed by atoms with Crippen LogP contribution in [0.5, 0.6) is 11.5 Å². The quantitative estimate of drug-likeness (QED) is 0.159. The van der Waals surface area contributed by atoms with Gasteiger partial charge in [-0.25, -0.2) is 9.38 Å². The van der Waals surface area contributed by atoms with E-state index in [0.717, 1.165) is 18.8 Å². The average molecular weight is 895 g/mol. The molecule has 1 unspecified atom stereocenters. The third-order valence-corrected chi connectivity index (χ3v) is 8.78. The molecule has 0 saturated heterocycles. The van der Waals surface area contributed by atoms with Gasteiger partial charge in [0.2, 0.25) is 4.80 Å². The fourth-order valence-electron chi connectivity index (χ4n) is 4.18. The van der Waals surface area contributed by atoms with Crippen LogP contribution in [0.4, 0.5) is 15.8 Å². The molecular formula is C31H36Br2FN6O8PS2. The summed E-state index contributed by atoms with van der Waals surface area (Å²) in [7, 11) is -3.71. The van der Waals surface area contributed by atoms with E-state index in [1.807, 2.05) is 16.0 Å². The number of nitrogens with zero attached hydrogens (tertiary/aromatic N) is 5. The predicted octanol–water partition coefficient (Wildman–Crippen LogP) is 3.70. The van der Waals surface area contributed by atoms with Crippen molar-refractivity contribution < 1.29 is 43.3 Å². The van der Waals surface area contributed by atoms with E-state index in [-0.39, 0.29) is 35.9 Å². The number of nitrogens with one attached hydrogen (secondary N) is 1. The molecule has 2 aliphatic rings. The molecule has 0 fully saturated rings. The van der Waals surface area contributed by atoms with Gasteiger partial charge in [-0.05, 0) is 66.4 Å². The van der Waals surface area contributed by atoms with Gasteiger partial charge in [0.1, 0.15) is 30.6 Å². The van der Waals surface area contributed by atoms with Crippen molar-refractivity contribution in [3.05, 3.63) is 55.2 Å². The highest BCUT2D eigenvalue weighted by atomic mass is 79.9. The second kappa shape index (κ2) is 19.5. The van der Waals surface area contributed by atoms with E-state index in [9.17, 15) is 28.5 Å². The smallest absolute Gasteiger partial charge is 0.317 e. The lowest BCUT2D eigenvalue weighted by molar-refractivity contribution is -0.193. The summed E-state index contributed by atoms with van der Waals surface area (Å²) in [5.74, 6) is 1.86. The SMILES string of the molecule is C#CCN1C(=O)COc2cc(F)c(N=c3snc4n3CC(C)(C)C4)cc21.C[S+](C)C.N#Cc1cc(Br)c(O)c(Br)c1.O=C(O)CNCP(=O)([O-])O. The number of phenols is 1. The summed E-state index contributed by atoms with van der Waals surface area (Å²) >= 11 is 7.45. The van der Waals surface area contributed by atoms with Crippen molar-refractivity contribution in [2.24, 2.45) is 10.4 Å². The Hall–Kier alpha value is -3.26. The van der Waals surface area contributed by atoms with E-state index < -0.39 is 32.2 Å². The number of halogens is 3. The van der Waals surface area contributed by atoms with Crippen molar-refractivity contribution in [2.45, 2.75) is 26.8 Å². The Bertz CT molecular complexity index is 1910. The molecule has 4 N–H and O–H groups in total. The Morgan fingerprint density at radius 1 is 1.29 bits per heavy atom. The Kier molecular flexibility index (Phi) is 16.8. The summed E-state index contributed by atoms with van der Waals surface area (Å²) in [5.41, 5.74) is 1.18. The number of ether oxygens (including phenoxy) is 1. The maximum absolute atomic E-state index is 14.5. The zero-order valence-electron chi connectivity index (χ0n) is 28.1. The van der Waals surface area contributed by atoms with Gasteiger partial charge in [0.15, 0.2) is 12.4 Å². The fourth-order valence-corrected chi connectivity index (χ4v) is 6.52. The normalized spacial score (nSPS) is 15.2. The lowest BCUT2D eigenvalue weighted by Gasteiger charge is -2.28. The van der Waals surface area contributed by atoms with Crippen molar-refractivity contribution in [3.63, 3.8) is 0 Å². The van der Waals surface area contributed by atoms with Crippen molar-refractivity contribution >= 4 is 85.1 Å². The number of nitriles is 1. The van der Waals surface area contributed by atoms with Gasteiger partial charge in [-0.1, -0.05) is 19.8 Å². The molecule has 1 atom stereocenters. The number of aromatic hydroxyl groups is 1. The molecular weight excluding hydrogens is 858 g/mol. The summed E-state index contributed by atoms with van der Waals surface area (Å²) in [6.45, 7) is 4.57. The highest BCUT2D eigenvalue weighted by Gasteiger charge is 2.31. The minimum Gasteiger partial charge on any atom is -0.778 e. The first-order valence-electron chi connectivity index (χ1n) is 14.5. The average Bonchev–Trinajstić information content (AvgIpc) is 3.52. The maximum Gasteiger partial charge on any atom is 0.317 e. The number of carboxylic acids is 1. The summed E-state index contributed by atoms with van der Waals surface area (Å²) in [5, 5.41) is 27.7. The van der Waals surface area contributed by atoms with E-state index >= 15 is 0 Å². The Morgan fingerprint density at radius 3 is 2.43 bits per heavy atom. The fraction of sp³-hybridized carbons (Fsp3) is 0.387. The van der Waals surface area contributed by atoms with E-state index in [1.54, 1.807) is 12.1 Å². The number of hydrogen-bond donors (Lipinski definition) is 4. The van der Waals surface area contributed by atoms with Gasteiger partial charge in [-0.3, -0.25) is 19.8 Å². The predicted molar refractivity (Wildman–Crippen MR) is 200 cm³/mol. The number of hydrogen-bond acceptors (Lipinski definition) is 11. The number of phenolic OH excluding ortho intramolecular Hbond substituents is 1. The van der Waals surface area contributed by atoms with Gasteiger partial charge in [-0.2, -0.15) is 9.64 Å². The van der Waals surface area contributed by atoms with E-state index in [4.69, 9.17) is 26.4 Å². The number of carbonyl (C=O) groups excluding carboxylic acids is 1. The topological polar surface area (TPSA) is 213 Å². The number of fused-ring (bicyclic) bond motifs is 2. The van der Waals surface area contributed by atoms with Crippen molar-refractivity contribution in [1.29, 1.82) is 5.26 Å². The molecule has 0 radical (unpaired) electrons. The summed E-state index contributed by atoms with van der Waals surface area (Å²) in [4.78, 5) is 46.3. The van der Waals surface area contributed by atoms with Crippen molar-refractivity contribution in [2.75, 3.05) is 49.6 Å². The van der Waals surface area contributed by atoms with Crippen LogP contribution < -0.4 is 24.6 Å². The molecule has 1 amide bonds. The number of carbonyl (C=O) groups is 2. The minimum absolute atomic E-state index is 0.0964. The van der Waals surface area contributed by atoms with Crippen LogP contribution in [-0.2, 0) is 38.0 Å². The van der Waals surface area contributed by atoms with Gasteiger partial charge in [-0.15, -0.1) is 6.42 Å². The van der Waals surface area contributed by atoms with Crippen LogP contribution >= 0.6 is 51.0 Å². The molecule has 276 valence electrons. The van der Waals surface area contributed by atoms with Crippen molar-refractivity contribution in [3.8, 4) is 29.9 Å². The zero-order chi connectivity index (χ0) is 38.7. The highest BCUT2D eigenvalue weighted by molar-refractivity contribution is 9.11. The molecule has 1 aromatic heterocycles. The van der Waals surface area contributed by atoms with Crippen LogP contribution in [0.25, 0.3) is 0 Å². The molecule has 20 heteroatoms. The van der Waals surface area contributed by atoms with Crippen molar-refractivity contribution in [1.82, 2.24) is 14.3 Å². The first kappa shape index (κ1) is 43.9. The summed E-state index contributed by atoms with van der Waals surface area (Å²) in [6, 6.07) is 7.83. The van der Waals surface area contributed by atoms with Crippen LogP contribution in [0.15, 0.2) is 38.2 Å². The Balaban J connectivity index is 0.000000298. The molecule has 2 aromatic carbocycles. The maximum atomic E-state index is 14.5. The number of terminal acetylenes is 1. The Morgan fingerprint density at radius 2 is 1.90 bits per heavy atom. The number of anilines is 1. The monoisotopic (exact) mass is 892 g/mol. The van der Waals surface area contributed by atoms with E-state index in [0.29, 0.717) is 41.6 Å². The standard InChI is InChI=1S/C18H17FN4O2S.C7H3Br2NO.C3H8NO5P.C3H9S/c1-4-5-22-13-7-12(11(19)6-14(13)25-9-16(22)24)20-17-23-10-18(2,3)8-15(23)21-26-17;8-5-1-4(3-10)2-6(9)7(5)11;5-3(6)1-4-2-10(7,8)9;1-4(2)3/h1,6-7H,5,8-10H2,2-3H3;1-2,11H;4H,1-2H2,(H,5,6)(H2,7,8,9);1-3H3/q;;;+1/p-1. The zero-order valence-corrected chi connectivity index (χ0v) is 33.8. The minimum atomic E-state index is -4.35. The molecule has 3 heterocycles. The number of aromatic nitrogens is 2. The molecule has 5 rings (SSSR count). The molecule has 2 aliphatic heterocycles. The van der Waals surface area contributed by atoms with Crippen LogP contribution in [0.3, 0.4) is 0 Å². The van der Waals surface area contributed by atoms with E-state index in [2.05, 4.69) is 79.8 Å². The van der Waals surface area contributed by atoms with Crippen LogP contribution in [-0.4, -0.2) is 80.7 Å². The van der Waals surface area contributed by atoms with Gasteiger partial charge in [0.05, 0.1) is 64.4 Å². The first-order valence-corrected chi connectivity index (χ1v) is 21.1. The van der Waals surface area contributed by atoms with Crippen LogP contribution in [0.1, 0.15) is 25.2 Å². The van der Waals surface area contributed by atoms with Gasteiger partial charge in [0, 0.05) is 30.6 Å². The molecule has 0 bridgehead atoms. The number of benzene rings is 2. The molecule has 0 spiro atoms. The molecule has 51 heavy (non-hydrogen) atoms. The van der Waals surface area contributed by atoms with E-state index in [1.165, 1.54) is 28.6 Å². The second-order valence-electron chi connectivity index (χ2n) is 11.9. The number of carboxylic acid groups (broad SMARTS) is 1. The van der Waals surface area contributed by atoms with Gasteiger partial charge in [0.25, 0.3) is 5.91 Å². The lowest BCUT2D eigenvalue weighted by atomic mass is 9.92. The van der Waals surface area contributed by atoms with Gasteiger partial charge >= 0.3 is 5.97 Å². The lowest BCUT2D eigenvalue weighted by Crippen LogP contribution is -2.39. The number of aliphatic carboxylic acids is 1. The molecule has 0 aliphatic carbocycles. The van der Waals surface area contributed by atoms with Crippen LogP contribution in [0.2, 0.25) is 0 Å². The van der Waals surface area contributed by atoms with Gasteiger partial charge < -0.3 is 33.9 Å². The third kappa shape index (κ3) is 14.4. The largest absolute Gasteiger partial charge is 0.778 e. The highest BCUT2D eigenvalue weighted by Crippen LogP contribution is 2.38. The third-order valence-electron chi connectivity index (χ3n) is 6.17. The second-order valence-corrected chi connectivity index (χ2v) is 18.4. The molecule has 14 nitrogen and oxygen atoms in total. The molecule has 3 aromatic rings. The number of amides is 1. The van der Waals surface area contributed by atoms with Crippen LogP contribution in [0, 0.1) is 34.9 Å². The first-order chi connectivity index (χ1) is 23.7. The summed E-state index contributed by atoms with van der Waals surface area (Å²) < 4.78 is 37.3. The summed E-state index contributed by atoms with van der Waals surface area (Å²) in [6.07, 6.45) is 12.1. The Labute approximate surface area is 318 Å². The number of rotatable bonds is 6. The molecule has 0 saturated carbocycles.